The summed E-state index contributed by atoms with van der Waals surface area (Å²) in [4.78, 5) is 4.65. The van der Waals surface area contributed by atoms with Gasteiger partial charge >= 0.3 is 0 Å². The highest BCUT2D eigenvalue weighted by molar-refractivity contribution is 6.19. The zero-order valence-electron chi connectivity index (χ0n) is 11.3. The van der Waals surface area contributed by atoms with Crippen molar-refractivity contribution in [3.63, 3.8) is 0 Å². The highest BCUT2D eigenvalue weighted by atomic mass is 14.9. The summed E-state index contributed by atoms with van der Waals surface area (Å²) in [6.45, 7) is 0. The van der Waals surface area contributed by atoms with Gasteiger partial charge in [-0.2, -0.15) is 0 Å². The van der Waals surface area contributed by atoms with Crippen LogP contribution in [0.3, 0.4) is 0 Å². The van der Waals surface area contributed by atoms with Crippen molar-refractivity contribution < 1.29 is 0 Å². The number of nitrogens with zero attached hydrogens (tertiary/aromatic N) is 1. The number of hydrogen-bond donors (Lipinski definition) is 1. The lowest BCUT2D eigenvalue weighted by Gasteiger charge is -2.22. The third-order valence-corrected chi connectivity index (χ3v) is 4.22. The van der Waals surface area contributed by atoms with E-state index in [0.29, 0.717) is 0 Å². The van der Waals surface area contributed by atoms with Gasteiger partial charge in [-0.15, -0.1) is 0 Å². The van der Waals surface area contributed by atoms with Crippen LogP contribution >= 0.6 is 0 Å². The minimum atomic E-state index is 1.07. The van der Waals surface area contributed by atoms with E-state index >= 15 is 0 Å². The van der Waals surface area contributed by atoms with Gasteiger partial charge in [0.1, 0.15) is 0 Å². The second kappa shape index (κ2) is 3.83. The molecule has 1 aromatic heterocycles. The van der Waals surface area contributed by atoms with Crippen molar-refractivity contribution in [2.45, 2.75) is 0 Å². The maximum absolute atomic E-state index is 4.65. The second-order valence-corrected chi connectivity index (χ2v) is 5.40. The molecule has 0 bridgehead atoms. The molecule has 5 rings (SSSR count). The highest BCUT2D eigenvalue weighted by Crippen LogP contribution is 2.44. The Morgan fingerprint density at radius 2 is 1.62 bits per heavy atom. The SMILES string of the molecule is c1ccc2c(c1)Nc1cc3ccccc3c3nccc-2c13. The van der Waals surface area contributed by atoms with Crippen molar-refractivity contribution in [3.8, 4) is 11.1 Å². The number of nitrogens with one attached hydrogen (secondary N) is 1. The molecule has 1 N–H and O–H groups in total. The number of hydrogen-bond acceptors (Lipinski definition) is 2. The molecule has 0 saturated carbocycles. The Labute approximate surface area is 122 Å². The largest absolute Gasteiger partial charge is 0.354 e. The Kier molecular flexibility index (Phi) is 1.98. The summed E-state index contributed by atoms with van der Waals surface area (Å²) >= 11 is 0. The molecule has 0 spiro atoms. The second-order valence-electron chi connectivity index (χ2n) is 5.40. The quantitative estimate of drug-likeness (QED) is 0.395. The van der Waals surface area contributed by atoms with Crippen LogP contribution in [0.4, 0.5) is 11.4 Å². The van der Waals surface area contributed by atoms with E-state index in [2.05, 4.69) is 71.0 Å². The predicted molar refractivity (Wildman–Crippen MR) is 88.0 cm³/mol. The maximum atomic E-state index is 4.65. The van der Waals surface area contributed by atoms with E-state index in [-0.39, 0.29) is 0 Å². The number of anilines is 2. The van der Waals surface area contributed by atoms with Crippen LogP contribution in [0.5, 0.6) is 0 Å². The summed E-state index contributed by atoms with van der Waals surface area (Å²) in [6, 6.07) is 21.2. The van der Waals surface area contributed by atoms with Crippen molar-refractivity contribution in [3.05, 3.63) is 66.9 Å². The van der Waals surface area contributed by atoms with E-state index in [4.69, 9.17) is 0 Å². The van der Waals surface area contributed by atoms with Crippen LogP contribution in [0.25, 0.3) is 32.8 Å². The maximum Gasteiger partial charge on any atom is 0.0807 e. The summed E-state index contributed by atoms with van der Waals surface area (Å²) in [5.74, 6) is 0. The van der Waals surface area contributed by atoms with Crippen molar-refractivity contribution in [1.29, 1.82) is 0 Å². The van der Waals surface area contributed by atoms with Crippen LogP contribution in [0.15, 0.2) is 66.9 Å². The molecule has 2 heterocycles. The third kappa shape index (κ3) is 1.39. The summed E-state index contributed by atoms with van der Waals surface area (Å²) in [7, 11) is 0. The summed E-state index contributed by atoms with van der Waals surface area (Å²) in [6.07, 6.45) is 1.91. The molecule has 4 aromatic rings. The lowest BCUT2D eigenvalue weighted by molar-refractivity contribution is 1.41. The lowest BCUT2D eigenvalue weighted by atomic mass is 9.92. The summed E-state index contributed by atoms with van der Waals surface area (Å²) in [5.41, 5.74) is 5.88. The molecule has 0 unspecified atom stereocenters. The van der Waals surface area contributed by atoms with Crippen molar-refractivity contribution in [1.82, 2.24) is 4.98 Å². The van der Waals surface area contributed by atoms with Gasteiger partial charge in [-0.3, -0.25) is 4.98 Å². The summed E-state index contributed by atoms with van der Waals surface area (Å²) < 4.78 is 0. The Balaban J connectivity index is 2.04. The predicted octanol–water partition coefficient (Wildman–Crippen LogP) is 5.11. The molecular weight excluding hydrogens is 256 g/mol. The van der Waals surface area contributed by atoms with E-state index in [1.807, 2.05) is 6.20 Å². The van der Waals surface area contributed by atoms with Gasteiger partial charge in [-0.1, -0.05) is 42.5 Å². The third-order valence-electron chi connectivity index (χ3n) is 4.22. The van der Waals surface area contributed by atoms with Gasteiger partial charge in [0.15, 0.2) is 0 Å². The minimum absolute atomic E-state index is 1.07. The van der Waals surface area contributed by atoms with Gasteiger partial charge in [0.2, 0.25) is 0 Å². The van der Waals surface area contributed by atoms with Gasteiger partial charge in [-0.25, -0.2) is 0 Å². The number of aromatic nitrogens is 1. The topological polar surface area (TPSA) is 24.9 Å². The van der Waals surface area contributed by atoms with Crippen LogP contribution in [0, 0.1) is 0 Å². The zero-order valence-corrected chi connectivity index (χ0v) is 11.3. The molecule has 3 aromatic carbocycles. The zero-order chi connectivity index (χ0) is 13.8. The van der Waals surface area contributed by atoms with Crippen LogP contribution in [0.1, 0.15) is 0 Å². The van der Waals surface area contributed by atoms with Gasteiger partial charge < -0.3 is 5.32 Å². The molecule has 0 aliphatic carbocycles. The molecule has 0 radical (unpaired) electrons. The van der Waals surface area contributed by atoms with Crippen LogP contribution < -0.4 is 5.32 Å². The first-order valence-corrected chi connectivity index (χ1v) is 7.09. The molecule has 1 aliphatic rings. The monoisotopic (exact) mass is 268 g/mol. The fourth-order valence-corrected chi connectivity index (χ4v) is 3.30. The standard InChI is InChI=1S/C19H12N2/c1-2-6-13-12(5-1)11-17-18-15(9-10-20-19(13)18)14-7-3-4-8-16(14)21-17/h1-11,21H. The first-order chi connectivity index (χ1) is 10.4. The average molecular weight is 268 g/mol. The van der Waals surface area contributed by atoms with Crippen molar-refractivity contribution >= 4 is 33.1 Å². The van der Waals surface area contributed by atoms with E-state index in [9.17, 15) is 0 Å². The first kappa shape index (κ1) is 10.9. The average Bonchev–Trinajstić information content (AvgIpc) is 2.55. The van der Waals surface area contributed by atoms with Crippen LogP contribution in [-0.2, 0) is 0 Å². The smallest absolute Gasteiger partial charge is 0.0807 e. The fourth-order valence-electron chi connectivity index (χ4n) is 3.30. The van der Waals surface area contributed by atoms with Crippen LogP contribution in [-0.4, -0.2) is 4.98 Å². The van der Waals surface area contributed by atoms with E-state index in [1.165, 1.54) is 27.3 Å². The normalized spacial score (nSPS) is 12.2. The van der Waals surface area contributed by atoms with Gasteiger partial charge in [0.25, 0.3) is 0 Å². The first-order valence-electron chi connectivity index (χ1n) is 7.09. The van der Waals surface area contributed by atoms with Crippen LogP contribution in [0.2, 0.25) is 0 Å². The highest BCUT2D eigenvalue weighted by Gasteiger charge is 2.19. The van der Waals surface area contributed by atoms with Gasteiger partial charge in [0.05, 0.1) is 5.52 Å². The Morgan fingerprint density at radius 1 is 0.762 bits per heavy atom. The number of pyridine rings is 1. The van der Waals surface area contributed by atoms with E-state index in [1.54, 1.807) is 0 Å². The Morgan fingerprint density at radius 3 is 2.62 bits per heavy atom. The summed E-state index contributed by atoms with van der Waals surface area (Å²) in [5, 5.41) is 7.20. The molecule has 0 fully saturated rings. The molecule has 1 aliphatic heterocycles. The molecule has 0 saturated heterocycles. The number of fused-ring (bicyclic) bond motifs is 4. The number of para-hydroxylation sites is 1. The van der Waals surface area contributed by atoms with Crippen molar-refractivity contribution in [2.75, 3.05) is 5.32 Å². The van der Waals surface area contributed by atoms with Gasteiger partial charge in [0, 0.05) is 33.9 Å². The molecule has 2 heteroatoms. The lowest BCUT2D eigenvalue weighted by Crippen LogP contribution is -2.01. The van der Waals surface area contributed by atoms with Gasteiger partial charge in [-0.05, 0) is 29.1 Å². The molecule has 21 heavy (non-hydrogen) atoms. The molecule has 98 valence electrons. The van der Waals surface area contributed by atoms with E-state index < -0.39 is 0 Å². The van der Waals surface area contributed by atoms with Crippen molar-refractivity contribution in [2.24, 2.45) is 0 Å². The number of rotatable bonds is 0. The molecule has 2 nitrogen and oxygen atoms in total. The minimum Gasteiger partial charge on any atom is -0.354 e. The molecule has 0 atom stereocenters. The fraction of sp³-hybridized carbons (Fsp3) is 0. The number of benzene rings is 3. The van der Waals surface area contributed by atoms with E-state index in [0.717, 1.165) is 16.9 Å². The Hall–Kier alpha value is -2.87. The molecule has 0 amide bonds. The molecular formula is C19H12N2. The Bertz CT molecular complexity index is 1020.